The summed E-state index contributed by atoms with van der Waals surface area (Å²) >= 11 is 3.55. The van der Waals surface area contributed by atoms with Crippen LogP contribution in [0.1, 0.15) is 28.4 Å². The summed E-state index contributed by atoms with van der Waals surface area (Å²) in [6.45, 7) is 2.69. The minimum Gasteiger partial charge on any atom is -0.490 e. The molecule has 0 aromatic heterocycles. The molecule has 0 radical (unpaired) electrons. The number of carbonyl (C=O) groups is 1. The fourth-order valence-corrected chi connectivity index (χ4v) is 3.20. The lowest BCUT2D eigenvalue weighted by atomic mass is 10.1. The first kappa shape index (κ1) is 20.6. The van der Waals surface area contributed by atoms with E-state index >= 15 is 0 Å². The van der Waals surface area contributed by atoms with Crippen LogP contribution >= 0.6 is 15.9 Å². The molecule has 0 bridgehead atoms. The van der Waals surface area contributed by atoms with E-state index in [0.29, 0.717) is 18.1 Å². The van der Waals surface area contributed by atoms with Gasteiger partial charge >= 0.3 is 5.97 Å². The number of rotatable bonds is 8. The molecule has 3 aromatic rings. The number of carboxylic acids is 1. The van der Waals surface area contributed by atoms with Gasteiger partial charge in [0.1, 0.15) is 6.61 Å². The van der Waals surface area contributed by atoms with Crippen molar-refractivity contribution >= 4 is 33.8 Å². The summed E-state index contributed by atoms with van der Waals surface area (Å²) in [6.07, 6.45) is 1.77. The van der Waals surface area contributed by atoms with E-state index < -0.39 is 5.97 Å². The Bertz CT molecular complexity index is 1000. The third kappa shape index (κ3) is 5.68. The van der Waals surface area contributed by atoms with Crippen molar-refractivity contribution in [2.24, 2.45) is 4.99 Å². The number of benzene rings is 3. The van der Waals surface area contributed by atoms with E-state index in [-0.39, 0.29) is 12.2 Å². The molecule has 0 aliphatic heterocycles. The maximum absolute atomic E-state index is 11.0. The molecule has 0 amide bonds. The van der Waals surface area contributed by atoms with Crippen LogP contribution in [-0.2, 0) is 6.61 Å². The Labute approximate surface area is 177 Å². The van der Waals surface area contributed by atoms with Gasteiger partial charge in [-0.05, 0) is 70.4 Å². The van der Waals surface area contributed by atoms with Crippen molar-refractivity contribution in [3.05, 3.63) is 87.9 Å². The van der Waals surface area contributed by atoms with Crippen LogP contribution in [0.3, 0.4) is 0 Å². The quantitative estimate of drug-likeness (QED) is 0.432. The first-order valence-electron chi connectivity index (χ1n) is 9.07. The summed E-state index contributed by atoms with van der Waals surface area (Å²) in [4.78, 5) is 15.4. The normalized spacial score (nSPS) is 10.8. The molecule has 0 spiro atoms. The molecule has 3 aromatic carbocycles. The Morgan fingerprint density at radius 2 is 1.79 bits per heavy atom. The zero-order chi connectivity index (χ0) is 20.6. The van der Waals surface area contributed by atoms with Crippen molar-refractivity contribution in [2.75, 3.05) is 6.61 Å². The van der Waals surface area contributed by atoms with Gasteiger partial charge in [-0.1, -0.05) is 30.3 Å². The molecule has 0 aliphatic carbocycles. The number of halogens is 1. The Morgan fingerprint density at radius 3 is 2.45 bits per heavy atom. The van der Waals surface area contributed by atoms with Gasteiger partial charge in [0.05, 0.1) is 22.3 Å². The number of aromatic carboxylic acids is 1. The summed E-state index contributed by atoms with van der Waals surface area (Å²) < 4.78 is 12.5. The van der Waals surface area contributed by atoms with Crippen LogP contribution in [0, 0.1) is 0 Å². The van der Waals surface area contributed by atoms with Gasteiger partial charge in [-0.3, -0.25) is 4.99 Å². The lowest BCUT2D eigenvalue weighted by molar-refractivity contribution is 0.0697. The second kappa shape index (κ2) is 9.89. The number of para-hydroxylation sites is 1. The summed E-state index contributed by atoms with van der Waals surface area (Å²) in [5, 5.41) is 8.99. The number of ether oxygens (including phenoxy) is 2. The van der Waals surface area contributed by atoms with E-state index in [1.165, 1.54) is 0 Å². The van der Waals surface area contributed by atoms with Crippen molar-refractivity contribution in [1.29, 1.82) is 0 Å². The molecule has 29 heavy (non-hydrogen) atoms. The fourth-order valence-electron chi connectivity index (χ4n) is 2.63. The standard InChI is InChI=1S/C23H20BrNO4/c1-2-28-21-13-17(14-25-19-6-4-3-5-7-19)12-20(24)22(21)29-15-16-8-10-18(11-9-16)23(26)27/h3-14H,2,15H2,1H3,(H,26,27). The predicted octanol–water partition coefficient (Wildman–Crippen LogP) is 5.88. The molecule has 3 rings (SSSR count). The number of hydrogen-bond acceptors (Lipinski definition) is 4. The van der Waals surface area contributed by atoms with Crippen LogP contribution in [0.5, 0.6) is 11.5 Å². The summed E-state index contributed by atoms with van der Waals surface area (Å²) in [5.41, 5.74) is 2.85. The summed E-state index contributed by atoms with van der Waals surface area (Å²) in [5.74, 6) is 0.246. The Morgan fingerprint density at radius 1 is 1.07 bits per heavy atom. The molecular formula is C23H20BrNO4. The van der Waals surface area contributed by atoms with Crippen LogP contribution in [0.15, 0.2) is 76.2 Å². The molecule has 6 heteroatoms. The van der Waals surface area contributed by atoms with Gasteiger partial charge in [0.15, 0.2) is 11.5 Å². The highest BCUT2D eigenvalue weighted by Crippen LogP contribution is 2.37. The zero-order valence-electron chi connectivity index (χ0n) is 15.8. The topological polar surface area (TPSA) is 68.1 Å². The molecule has 0 fully saturated rings. The maximum Gasteiger partial charge on any atom is 0.335 e. The molecule has 0 saturated carbocycles. The highest BCUT2D eigenvalue weighted by molar-refractivity contribution is 9.10. The molecule has 148 valence electrons. The second-order valence-corrected chi connectivity index (χ2v) is 7.00. The van der Waals surface area contributed by atoms with Crippen LogP contribution < -0.4 is 9.47 Å². The average molecular weight is 454 g/mol. The Hall–Kier alpha value is -3.12. The second-order valence-electron chi connectivity index (χ2n) is 6.15. The molecule has 1 N–H and O–H groups in total. The minimum atomic E-state index is -0.952. The molecule has 0 heterocycles. The average Bonchev–Trinajstić information content (AvgIpc) is 2.73. The molecule has 0 saturated heterocycles. The monoisotopic (exact) mass is 453 g/mol. The molecule has 0 aliphatic rings. The highest BCUT2D eigenvalue weighted by Gasteiger charge is 2.12. The number of carboxylic acid groups (broad SMARTS) is 1. The lowest BCUT2D eigenvalue weighted by Crippen LogP contribution is -2.02. The van der Waals surface area contributed by atoms with Crippen molar-refractivity contribution in [1.82, 2.24) is 0 Å². The largest absolute Gasteiger partial charge is 0.490 e. The lowest BCUT2D eigenvalue weighted by Gasteiger charge is -2.15. The fraction of sp³-hybridized carbons (Fsp3) is 0.130. The zero-order valence-corrected chi connectivity index (χ0v) is 17.4. The van der Waals surface area contributed by atoms with Crippen LogP contribution in [-0.4, -0.2) is 23.9 Å². The van der Waals surface area contributed by atoms with Crippen LogP contribution in [0.2, 0.25) is 0 Å². The highest BCUT2D eigenvalue weighted by atomic mass is 79.9. The van der Waals surface area contributed by atoms with Gasteiger partial charge in [-0.25, -0.2) is 4.79 Å². The van der Waals surface area contributed by atoms with Crippen molar-refractivity contribution in [3.8, 4) is 11.5 Å². The SMILES string of the molecule is CCOc1cc(C=Nc2ccccc2)cc(Br)c1OCc1ccc(C(=O)O)cc1. The molecular weight excluding hydrogens is 434 g/mol. The summed E-state index contributed by atoms with van der Waals surface area (Å²) in [6, 6.07) is 20.1. The molecule has 5 nitrogen and oxygen atoms in total. The first-order chi connectivity index (χ1) is 14.1. The smallest absolute Gasteiger partial charge is 0.335 e. The van der Waals surface area contributed by atoms with Gasteiger partial charge < -0.3 is 14.6 Å². The summed E-state index contributed by atoms with van der Waals surface area (Å²) in [7, 11) is 0. The van der Waals surface area contributed by atoms with E-state index in [1.54, 1.807) is 30.5 Å². The van der Waals surface area contributed by atoms with Gasteiger partial charge in [0, 0.05) is 6.21 Å². The van der Waals surface area contributed by atoms with E-state index in [2.05, 4.69) is 20.9 Å². The Kier molecular flexibility index (Phi) is 7.03. The number of hydrogen-bond donors (Lipinski definition) is 1. The third-order valence-corrected chi connectivity index (χ3v) is 4.62. The van der Waals surface area contributed by atoms with E-state index in [1.807, 2.05) is 49.4 Å². The van der Waals surface area contributed by atoms with Crippen molar-refractivity contribution < 1.29 is 19.4 Å². The predicted molar refractivity (Wildman–Crippen MR) is 117 cm³/mol. The third-order valence-electron chi connectivity index (χ3n) is 4.03. The van der Waals surface area contributed by atoms with E-state index in [4.69, 9.17) is 14.6 Å². The van der Waals surface area contributed by atoms with Crippen LogP contribution in [0.25, 0.3) is 0 Å². The maximum atomic E-state index is 11.0. The van der Waals surface area contributed by atoms with Gasteiger partial charge in [0.2, 0.25) is 0 Å². The van der Waals surface area contributed by atoms with Crippen molar-refractivity contribution in [3.63, 3.8) is 0 Å². The van der Waals surface area contributed by atoms with Gasteiger partial charge in [0.25, 0.3) is 0 Å². The number of aliphatic imine (C=N–C) groups is 1. The number of nitrogens with zero attached hydrogens (tertiary/aromatic N) is 1. The van der Waals surface area contributed by atoms with E-state index in [0.717, 1.165) is 21.3 Å². The molecule has 0 unspecified atom stereocenters. The first-order valence-corrected chi connectivity index (χ1v) is 9.86. The van der Waals surface area contributed by atoms with Crippen molar-refractivity contribution in [2.45, 2.75) is 13.5 Å². The van der Waals surface area contributed by atoms with Gasteiger partial charge in [-0.2, -0.15) is 0 Å². The molecule has 0 atom stereocenters. The minimum absolute atomic E-state index is 0.243. The van der Waals surface area contributed by atoms with Crippen LogP contribution in [0.4, 0.5) is 5.69 Å². The Balaban J connectivity index is 1.78. The van der Waals surface area contributed by atoms with E-state index in [9.17, 15) is 4.79 Å². The van der Waals surface area contributed by atoms with Gasteiger partial charge in [-0.15, -0.1) is 0 Å².